The van der Waals surface area contributed by atoms with Gasteiger partial charge in [0.15, 0.2) is 0 Å². The van der Waals surface area contributed by atoms with E-state index in [1.807, 2.05) is 4.90 Å². The Bertz CT molecular complexity index is 397. The lowest BCUT2D eigenvalue weighted by molar-refractivity contribution is -0.127. The van der Waals surface area contributed by atoms with Crippen LogP contribution in [0.5, 0.6) is 0 Å². The first-order valence-electron chi connectivity index (χ1n) is 5.37. The number of nitrogens with zero attached hydrogens (tertiary/aromatic N) is 3. The van der Waals surface area contributed by atoms with Crippen molar-refractivity contribution in [2.45, 2.75) is 19.8 Å². The van der Waals surface area contributed by atoms with Gasteiger partial charge in [-0.3, -0.25) is 4.79 Å². The highest BCUT2D eigenvalue weighted by Gasteiger charge is 2.24. The summed E-state index contributed by atoms with van der Waals surface area (Å²) in [6, 6.07) is 1.79. The Kier molecular flexibility index (Phi) is 3.39. The van der Waals surface area contributed by atoms with Gasteiger partial charge in [-0.25, -0.2) is 9.97 Å². The molecule has 0 saturated carbocycles. The van der Waals surface area contributed by atoms with Crippen LogP contribution in [-0.2, 0) is 11.2 Å². The van der Waals surface area contributed by atoms with E-state index < -0.39 is 0 Å². The number of likely N-dealkylation sites (tertiary alicyclic amines) is 1. The topological polar surface area (TPSA) is 46.1 Å². The highest BCUT2D eigenvalue weighted by Crippen LogP contribution is 2.20. The number of amides is 1. The zero-order valence-electron chi connectivity index (χ0n) is 9.19. The van der Waals surface area contributed by atoms with Gasteiger partial charge in [0.1, 0.15) is 11.5 Å². The second-order valence-corrected chi connectivity index (χ2v) is 4.54. The molecule has 4 nitrogen and oxygen atoms in total. The van der Waals surface area contributed by atoms with Crippen molar-refractivity contribution in [3.63, 3.8) is 0 Å². The summed E-state index contributed by atoms with van der Waals surface area (Å²) in [6.07, 6.45) is 3.39. The van der Waals surface area contributed by atoms with Gasteiger partial charge in [-0.2, -0.15) is 0 Å². The van der Waals surface area contributed by atoms with Crippen LogP contribution in [0, 0.1) is 5.92 Å². The van der Waals surface area contributed by atoms with Gasteiger partial charge in [-0.1, -0.05) is 11.6 Å². The lowest BCUT2D eigenvalue weighted by Gasteiger charge is -2.13. The second-order valence-electron chi connectivity index (χ2n) is 4.16. The third kappa shape index (κ3) is 2.70. The van der Waals surface area contributed by atoms with Crippen molar-refractivity contribution < 1.29 is 4.79 Å². The molecule has 1 saturated heterocycles. The van der Waals surface area contributed by atoms with Gasteiger partial charge in [0.2, 0.25) is 5.91 Å². The Labute approximate surface area is 99.6 Å². The molecule has 1 aliphatic heterocycles. The summed E-state index contributed by atoms with van der Waals surface area (Å²) >= 11 is 5.79. The number of hydrogen-bond acceptors (Lipinski definition) is 3. The number of aromatic nitrogens is 2. The van der Waals surface area contributed by atoms with E-state index >= 15 is 0 Å². The largest absolute Gasteiger partial charge is 0.343 e. The minimum Gasteiger partial charge on any atom is -0.343 e. The van der Waals surface area contributed by atoms with Crippen molar-refractivity contribution in [3.05, 3.63) is 23.2 Å². The van der Waals surface area contributed by atoms with E-state index in [-0.39, 0.29) is 5.91 Å². The highest BCUT2D eigenvalue weighted by molar-refractivity contribution is 6.29. The first-order valence-corrected chi connectivity index (χ1v) is 5.75. The fourth-order valence-electron chi connectivity index (χ4n) is 2.06. The van der Waals surface area contributed by atoms with Gasteiger partial charge in [0.05, 0.1) is 0 Å². The van der Waals surface area contributed by atoms with Crippen LogP contribution in [0.15, 0.2) is 12.4 Å². The van der Waals surface area contributed by atoms with Crippen LogP contribution in [0.2, 0.25) is 5.15 Å². The van der Waals surface area contributed by atoms with E-state index in [9.17, 15) is 4.79 Å². The summed E-state index contributed by atoms with van der Waals surface area (Å²) in [4.78, 5) is 21.1. The predicted molar refractivity (Wildman–Crippen MR) is 61.1 cm³/mol. The Hall–Kier alpha value is -1.16. The summed E-state index contributed by atoms with van der Waals surface area (Å²) in [6.45, 7) is 3.31. The molecule has 0 aliphatic carbocycles. The Balaban J connectivity index is 1.94. The highest BCUT2D eigenvalue weighted by atomic mass is 35.5. The molecule has 1 aliphatic rings. The molecule has 0 aromatic carbocycles. The van der Waals surface area contributed by atoms with E-state index in [2.05, 4.69) is 9.97 Å². The molecule has 0 spiro atoms. The maximum Gasteiger partial charge on any atom is 0.219 e. The zero-order valence-corrected chi connectivity index (χ0v) is 9.94. The molecule has 86 valence electrons. The minimum atomic E-state index is 0.156. The van der Waals surface area contributed by atoms with Gasteiger partial charge >= 0.3 is 0 Å². The predicted octanol–water partition coefficient (Wildman–Crippen LogP) is 1.54. The lowest BCUT2D eigenvalue weighted by Crippen LogP contribution is -2.26. The summed E-state index contributed by atoms with van der Waals surface area (Å²) in [5.41, 5.74) is 0.954. The third-order valence-corrected chi connectivity index (χ3v) is 3.13. The van der Waals surface area contributed by atoms with Gasteiger partial charge in [-0.15, -0.1) is 0 Å². The maximum atomic E-state index is 11.2. The fourth-order valence-corrected chi connectivity index (χ4v) is 2.23. The number of carbonyl (C=O) groups is 1. The molecular weight excluding hydrogens is 226 g/mol. The first-order chi connectivity index (χ1) is 7.65. The van der Waals surface area contributed by atoms with E-state index in [1.54, 1.807) is 13.0 Å². The summed E-state index contributed by atoms with van der Waals surface area (Å²) < 4.78 is 0. The Morgan fingerprint density at radius 3 is 3.06 bits per heavy atom. The molecule has 1 aromatic rings. The van der Waals surface area contributed by atoms with Crippen molar-refractivity contribution in [2.24, 2.45) is 5.92 Å². The van der Waals surface area contributed by atoms with E-state index in [1.165, 1.54) is 6.33 Å². The minimum absolute atomic E-state index is 0.156. The second kappa shape index (κ2) is 4.78. The van der Waals surface area contributed by atoms with E-state index in [4.69, 9.17) is 11.6 Å². The molecule has 5 heteroatoms. The molecule has 1 atom stereocenters. The van der Waals surface area contributed by atoms with Gasteiger partial charge in [0, 0.05) is 25.7 Å². The van der Waals surface area contributed by atoms with E-state index in [0.29, 0.717) is 11.1 Å². The van der Waals surface area contributed by atoms with Crippen molar-refractivity contribution in [2.75, 3.05) is 13.1 Å². The first kappa shape index (κ1) is 11.3. The number of halogens is 1. The van der Waals surface area contributed by atoms with Crippen LogP contribution < -0.4 is 0 Å². The van der Waals surface area contributed by atoms with Gasteiger partial charge in [-0.05, 0) is 24.8 Å². The molecular formula is C11H14ClN3O. The Morgan fingerprint density at radius 1 is 1.62 bits per heavy atom. The van der Waals surface area contributed by atoms with Gasteiger partial charge < -0.3 is 4.90 Å². The molecule has 1 unspecified atom stereocenters. The molecule has 1 amide bonds. The maximum absolute atomic E-state index is 11.2. The van der Waals surface area contributed by atoms with Crippen LogP contribution in [0.1, 0.15) is 19.0 Å². The standard InChI is InChI=1S/C11H14ClN3O/c1-8(16)15-3-2-9(6-15)4-10-5-11(12)14-7-13-10/h5,7,9H,2-4,6H2,1H3. The van der Waals surface area contributed by atoms with Crippen LogP contribution in [0.25, 0.3) is 0 Å². The quantitative estimate of drug-likeness (QED) is 0.736. The summed E-state index contributed by atoms with van der Waals surface area (Å²) in [7, 11) is 0. The monoisotopic (exact) mass is 239 g/mol. The Morgan fingerprint density at radius 2 is 2.44 bits per heavy atom. The van der Waals surface area contributed by atoms with Crippen LogP contribution in [0.4, 0.5) is 0 Å². The van der Waals surface area contributed by atoms with Crippen LogP contribution in [0.3, 0.4) is 0 Å². The normalized spacial score (nSPS) is 20.1. The smallest absolute Gasteiger partial charge is 0.219 e. The van der Waals surface area contributed by atoms with Gasteiger partial charge in [0.25, 0.3) is 0 Å². The number of rotatable bonds is 2. The lowest BCUT2D eigenvalue weighted by atomic mass is 10.0. The molecule has 0 N–H and O–H groups in total. The number of carbonyl (C=O) groups excluding carboxylic acids is 1. The summed E-state index contributed by atoms with van der Waals surface area (Å²) in [5.74, 6) is 0.651. The zero-order chi connectivity index (χ0) is 11.5. The SMILES string of the molecule is CC(=O)N1CCC(Cc2cc(Cl)ncn2)C1. The van der Waals surface area contributed by atoms with Crippen molar-refractivity contribution in [3.8, 4) is 0 Å². The molecule has 2 heterocycles. The number of hydrogen-bond donors (Lipinski definition) is 0. The molecule has 2 rings (SSSR count). The molecule has 1 aromatic heterocycles. The average Bonchev–Trinajstić information content (AvgIpc) is 2.66. The third-order valence-electron chi connectivity index (χ3n) is 2.92. The molecule has 1 fully saturated rings. The van der Waals surface area contributed by atoms with Crippen molar-refractivity contribution in [1.29, 1.82) is 0 Å². The van der Waals surface area contributed by atoms with Crippen molar-refractivity contribution >= 4 is 17.5 Å². The molecule has 0 bridgehead atoms. The molecule has 16 heavy (non-hydrogen) atoms. The van der Waals surface area contributed by atoms with Crippen LogP contribution >= 0.6 is 11.6 Å². The molecule has 0 radical (unpaired) electrons. The average molecular weight is 240 g/mol. The van der Waals surface area contributed by atoms with E-state index in [0.717, 1.165) is 31.6 Å². The summed E-state index contributed by atoms with van der Waals surface area (Å²) in [5, 5.41) is 0.478. The fraction of sp³-hybridized carbons (Fsp3) is 0.545. The van der Waals surface area contributed by atoms with Crippen molar-refractivity contribution in [1.82, 2.24) is 14.9 Å². The van der Waals surface area contributed by atoms with Crippen LogP contribution in [-0.4, -0.2) is 33.9 Å².